The van der Waals surface area contributed by atoms with Gasteiger partial charge in [-0.2, -0.15) is 4.31 Å². The van der Waals surface area contributed by atoms with E-state index in [0.29, 0.717) is 19.4 Å². The van der Waals surface area contributed by atoms with Gasteiger partial charge in [-0.15, -0.1) is 0 Å². The summed E-state index contributed by atoms with van der Waals surface area (Å²) in [6, 6.07) is 8.37. The summed E-state index contributed by atoms with van der Waals surface area (Å²) in [5, 5.41) is 0. The molecular formula is C17H20N4O4S. The van der Waals surface area contributed by atoms with Crippen LogP contribution < -0.4 is 5.73 Å². The zero-order valence-electron chi connectivity index (χ0n) is 14.1. The van der Waals surface area contributed by atoms with Crippen LogP contribution in [0.1, 0.15) is 18.7 Å². The highest BCUT2D eigenvalue weighted by Gasteiger charge is 2.48. The Morgan fingerprint density at radius 2 is 1.92 bits per heavy atom. The third kappa shape index (κ3) is 2.72. The van der Waals surface area contributed by atoms with E-state index in [9.17, 15) is 13.2 Å². The molecule has 138 valence electrons. The van der Waals surface area contributed by atoms with Crippen molar-refractivity contribution in [3.05, 3.63) is 48.5 Å². The Labute approximate surface area is 151 Å². The third-order valence-electron chi connectivity index (χ3n) is 5.08. The number of aromatic nitrogens is 2. The number of ether oxygens (including phenoxy) is 1. The monoisotopic (exact) mass is 376 g/mol. The molecule has 1 saturated heterocycles. The van der Waals surface area contributed by atoms with Crippen molar-refractivity contribution in [2.24, 2.45) is 5.73 Å². The first kappa shape index (κ1) is 17.2. The first-order valence-corrected chi connectivity index (χ1v) is 9.90. The number of benzene rings is 1. The lowest BCUT2D eigenvalue weighted by Crippen LogP contribution is -2.54. The molecule has 1 atom stereocenters. The van der Waals surface area contributed by atoms with Crippen LogP contribution in [0.2, 0.25) is 0 Å². The SMILES string of the molecule is NC(=O)[C@@H]1Cn2ccnc2C2(CCN(S(=O)(=O)c3ccccc3)CC2)O1. The van der Waals surface area contributed by atoms with Crippen molar-refractivity contribution in [3.63, 3.8) is 0 Å². The lowest BCUT2D eigenvalue weighted by molar-refractivity contribution is -0.168. The Morgan fingerprint density at radius 3 is 2.58 bits per heavy atom. The van der Waals surface area contributed by atoms with Gasteiger partial charge in [0, 0.05) is 25.5 Å². The largest absolute Gasteiger partial charge is 0.367 e. The van der Waals surface area contributed by atoms with Crippen molar-refractivity contribution >= 4 is 15.9 Å². The van der Waals surface area contributed by atoms with E-state index >= 15 is 0 Å². The van der Waals surface area contributed by atoms with Crippen LogP contribution in [0.25, 0.3) is 0 Å². The predicted octanol–water partition coefficient (Wildman–Crippen LogP) is 0.447. The summed E-state index contributed by atoms with van der Waals surface area (Å²) in [4.78, 5) is 16.3. The van der Waals surface area contributed by atoms with Crippen molar-refractivity contribution in [2.45, 2.75) is 36.0 Å². The highest BCUT2D eigenvalue weighted by Crippen LogP contribution is 2.41. The molecule has 0 saturated carbocycles. The second-order valence-corrected chi connectivity index (χ2v) is 8.56. The van der Waals surface area contributed by atoms with E-state index in [1.165, 1.54) is 4.31 Å². The van der Waals surface area contributed by atoms with E-state index in [0.717, 1.165) is 5.82 Å². The maximum atomic E-state index is 12.8. The topological polar surface area (TPSA) is 108 Å². The molecule has 26 heavy (non-hydrogen) atoms. The van der Waals surface area contributed by atoms with Crippen LogP contribution in [0.5, 0.6) is 0 Å². The quantitative estimate of drug-likeness (QED) is 0.837. The lowest BCUT2D eigenvalue weighted by Gasteiger charge is -2.44. The van der Waals surface area contributed by atoms with Crippen molar-refractivity contribution in [1.82, 2.24) is 13.9 Å². The lowest BCUT2D eigenvalue weighted by atomic mass is 9.89. The van der Waals surface area contributed by atoms with Crippen LogP contribution in [-0.4, -0.2) is 47.4 Å². The van der Waals surface area contributed by atoms with Crippen molar-refractivity contribution in [1.29, 1.82) is 0 Å². The van der Waals surface area contributed by atoms with Gasteiger partial charge >= 0.3 is 0 Å². The maximum Gasteiger partial charge on any atom is 0.248 e. The number of sulfonamides is 1. The van der Waals surface area contributed by atoms with Crippen LogP contribution in [0.15, 0.2) is 47.6 Å². The Morgan fingerprint density at radius 1 is 1.23 bits per heavy atom. The van der Waals surface area contributed by atoms with Crippen LogP contribution in [0, 0.1) is 0 Å². The number of hydrogen-bond acceptors (Lipinski definition) is 5. The highest BCUT2D eigenvalue weighted by molar-refractivity contribution is 7.89. The molecule has 0 unspecified atom stereocenters. The number of amides is 1. The Kier molecular flexibility index (Phi) is 4.09. The molecule has 2 aliphatic rings. The number of rotatable bonds is 3. The molecule has 8 nitrogen and oxygen atoms in total. The Bertz CT molecular complexity index is 917. The molecule has 1 spiro atoms. The van der Waals surface area contributed by atoms with Crippen molar-refractivity contribution in [3.8, 4) is 0 Å². The summed E-state index contributed by atoms with van der Waals surface area (Å²) in [6.07, 6.45) is 3.55. The number of piperidine rings is 1. The minimum absolute atomic E-state index is 0.275. The van der Waals surface area contributed by atoms with Crippen LogP contribution >= 0.6 is 0 Å². The van der Waals surface area contributed by atoms with Gasteiger partial charge in [0.15, 0.2) is 6.10 Å². The van der Waals surface area contributed by atoms with Crippen LogP contribution in [-0.2, 0) is 31.7 Å². The van der Waals surface area contributed by atoms with Gasteiger partial charge in [-0.05, 0) is 25.0 Å². The average molecular weight is 376 g/mol. The van der Waals surface area contributed by atoms with E-state index in [1.54, 1.807) is 42.7 Å². The van der Waals surface area contributed by atoms with E-state index in [1.807, 2.05) is 4.57 Å². The molecule has 3 heterocycles. The molecule has 2 N–H and O–H groups in total. The number of nitrogens with two attached hydrogens (primary N) is 1. The summed E-state index contributed by atoms with van der Waals surface area (Å²) in [7, 11) is -3.55. The van der Waals surface area contributed by atoms with Gasteiger partial charge in [0.1, 0.15) is 11.4 Å². The normalized spacial score (nSPS) is 22.8. The smallest absolute Gasteiger partial charge is 0.248 e. The first-order valence-electron chi connectivity index (χ1n) is 8.46. The first-order chi connectivity index (χ1) is 12.4. The third-order valence-corrected chi connectivity index (χ3v) is 6.99. The minimum Gasteiger partial charge on any atom is -0.367 e. The van der Waals surface area contributed by atoms with Gasteiger partial charge in [-0.1, -0.05) is 18.2 Å². The van der Waals surface area contributed by atoms with Gasteiger partial charge in [0.25, 0.3) is 0 Å². The molecule has 9 heteroatoms. The summed E-state index contributed by atoms with van der Waals surface area (Å²) in [5.74, 6) is 0.204. The van der Waals surface area contributed by atoms with Crippen LogP contribution in [0.4, 0.5) is 0 Å². The number of nitrogens with zero attached hydrogens (tertiary/aromatic N) is 3. The van der Waals surface area contributed by atoms with E-state index < -0.39 is 27.6 Å². The fourth-order valence-electron chi connectivity index (χ4n) is 3.72. The number of fused-ring (bicyclic) bond motifs is 2. The van der Waals surface area contributed by atoms with Gasteiger partial charge in [0.2, 0.25) is 15.9 Å². The summed E-state index contributed by atoms with van der Waals surface area (Å²) < 4.78 is 35.0. The molecule has 0 radical (unpaired) electrons. The second kappa shape index (κ2) is 6.19. The number of imidazole rings is 1. The molecule has 4 rings (SSSR count). The molecule has 0 aliphatic carbocycles. The van der Waals surface area contributed by atoms with Crippen molar-refractivity contribution in [2.75, 3.05) is 13.1 Å². The molecular weight excluding hydrogens is 356 g/mol. The summed E-state index contributed by atoms with van der Waals surface area (Å²) in [5.41, 5.74) is 4.66. The molecule has 1 amide bonds. The van der Waals surface area contributed by atoms with Gasteiger partial charge in [0.05, 0.1) is 11.4 Å². The van der Waals surface area contributed by atoms with Crippen molar-refractivity contribution < 1.29 is 17.9 Å². The number of carbonyl (C=O) groups is 1. The van der Waals surface area contributed by atoms with Crippen LogP contribution in [0.3, 0.4) is 0 Å². The fraction of sp³-hybridized carbons (Fsp3) is 0.412. The second-order valence-electron chi connectivity index (χ2n) is 6.62. The molecule has 2 aromatic rings. The van der Waals surface area contributed by atoms with Gasteiger partial charge < -0.3 is 15.0 Å². The number of hydrogen-bond donors (Lipinski definition) is 1. The fourth-order valence-corrected chi connectivity index (χ4v) is 5.18. The highest BCUT2D eigenvalue weighted by atomic mass is 32.2. The molecule has 1 aromatic carbocycles. The molecule has 2 aliphatic heterocycles. The zero-order valence-corrected chi connectivity index (χ0v) is 14.9. The number of carbonyl (C=O) groups excluding carboxylic acids is 1. The predicted molar refractivity (Wildman–Crippen MR) is 92.4 cm³/mol. The van der Waals surface area contributed by atoms with Gasteiger partial charge in [-0.3, -0.25) is 4.79 Å². The van der Waals surface area contributed by atoms with Gasteiger partial charge in [-0.25, -0.2) is 13.4 Å². The molecule has 0 bridgehead atoms. The van der Waals surface area contributed by atoms with E-state index in [4.69, 9.17) is 10.5 Å². The molecule has 1 aromatic heterocycles. The van der Waals surface area contributed by atoms with E-state index in [2.05, 4.69) is 4.98 Å². The van der Waals surface area contributed by atoms with E-state index in [-0.39, 0.29) is 18.0 Å². The standard InChI is InChI=1S/C17H20N4O4S/c18-15(22)14-12-20-11-8-19-16(20)17(25-14)6-9-21(10-7-17)26(23,24)13-4-2-1-3-5-13/h1-5,8,11,14H,6-7,9-10,12H2,(H2,18,22)/t14-/m0/s1. The zero-order chi connectivity index (χ0) is 18.4. The Balaban J connectivity index is 1.59. The average Bonchev–Trinajstić information content (AvgIpc) is 3.12. The maximum absolute atomic E-state index is 12.8. The molecule has 1 fully saturated rings. The number of primary amides is 1. The summed E-state index contributed by atoms with van der Waals surface area (Å²) in [6.45, 7) is 0.906. The minimum atomic E-state index is -3.55. The Hall–Kier alpha value is -2.23. The summed E-state index contributed by atoms with van der Waals surface area (Å²) >= 11 is 0.